The molecule has 7 nitrogen and oxygen atoms in total. The minimum atomic E-state index is -0.974. The van der Waals surface area contributed by atoms with Crippen molar-refractivity contribution in [2.24, 2.45) is 0 Å². The molecule has 2 aromatic carbocycles. The maximum atomic E-state index is 13.0. The van der Waals surface area contributed by atoms with E-state index in [4.69, 9.17) is 14.6 Å². The summed E-state index contributed by atoms with van der Waals surface area (Å²) in [6.45, 7) is 5.31. The molecule has 0 saturated carbocycles. The van der Waals surface area contributed by atoms with Crippen LogP contribution in [-0.4, -0.2) is 33.8 Å². The fourth-order valence-electron chi connectivity index (χ4n) is 3.20. The average molecular weight is 437 g/mol. The Kier molecular flexibility index (Phi) is 8.02. The van der Waals surface area contributed by atoms with Gasteiger partial charge in [-0.05, 0) is 49.3 Å². The van der Waals surface area contributed by atoms with Crippen molar-refractivity contribution in [2.45, 2.75) is 39.7 Å². The highest BCUT2D eigenvalue weighted by atomic mass is 16.5. The van der Waals surface area contributed by atoms with Gasteiger partial charge in [-0.3, -0.25) is 14.2 Å². The number of carboxylic acid groups (broad SMARTS) is 1. The quantitative estimate of drug-likeness (QED) is 0.472. The summed E-state index contributed by atoms with van der Waals surface area (Å²) in [7, 11) is 0. The molecule has 0 fully saturated rings. The Balaban J connectivity index is 2.01. The predicted octanol–water partition coefficient (Wildman–Crippen LogP) is 4.62. The third-order valence-electron chi connectivity index (χ3n) is 4.77. The second kappa shape index (κ2) is 11.1. The molecule has 3 aromatic rings. The van der Waals surface area contributed by atoms with Crippen LogP contribution >= 0.6 is 0 Å². The summed E-state index contributed by atoms with van der Waals surface area (Å²) in [6, 6.07) is 12.7. The molecule has 0 bridgehead atoms. The third kappa shape index (κ3) is 5.75. The Morgan fingerprint density at radius 3 is 2.56 bits per heavy atom. The van der Waals surface area contributed by atoms with Gasteiger partial charge >= 0.3 is 5.97 Å². The van der Waals surface area contributed by atoms with Crippen LogP contribution in [0.5, 0.6) is 11.5 Å². The van der Waals surface area contributed by atoms with Crippen LogP contribution in [0.15, 0.2) is 47.3 Å². The minimum absolute atomic E-state index is 0.0364. The van der Waals surface area contributed by atoms with Crippen LogP contribution in [0.2, 0.25) is 0 Å². The van der Waals surface area contributed by atoms with Gasteiger partial charge in [0, 0.05) is 18.2 Å². The van der Waals surface area contributed by atoms with E-state index in [1.165, 1.54) is 4.57 Å². The van der Waals surface area contributed by atoms with Gasteiger partial charge in [-0.1, -0.05) is 26.0 Å². The predicted molar refractivity (Wildman–Crippen MR) is 125 cm³/mol. The first kappa shape index (κ1) is 23.1. The number of nitrogens with zero attached hydrogens (tertiary/aromatic N) is 2. The second-order valence-electron chi connectivity index (χ2n) is 7.32. The number of aromatic nitrogens is 2. The van der Waals surface area contributed by atoms with Gasteiger partial charge in [0.05, 0.1) is 30.5 Å². The highest BCUT2D eigenvalue weighted by Crippen LogP contribution is 2.27. The van der Waals surface area contributed by atoms with Crippen LogP contribution in [0.1, 0.15) is 44.5 Å². The van der Waals surface area contributed by atoms with Gasteiger partial charge in [-0.15, -0.1) is 0 Å². The van der Waals surface area contributed by atoms with Crippen LogP contribution in [0.4, 0.5) is 0 Å². The molecule has 1 aromatic heterocycles. The number of carboxylic acids is 1. The first-order valence-corrected chi connectivity index (χ1v) is 10.8. The van der Waals surface area contributed by atoms with E-state index < -0.39 is 5.97 Å². The van der Waals surface area contributed by atoms with E-state index >= 15 is 0 Å². The number of aliphatic carboxylic acids is 1. The zero-order chi connectivity index (χ0) is 22.9. The second-order valence-corrected chi connectivity index (χ2v) is 7.32. The molecule has 0 unspecified atom stereocenters. The zero-order valence-corrected chi connectivity index (χ0v) is 18.4. The molecule has 1 heterocycles. The van der Waals surface area contributed by atoms with E-state index in [0.717, 1.165) is 24.2 Å². The number of fused-ring (bicyclic) bond motifs is 1. The molecule has 0 radical (unpaired) electrons. The minimum Gasteiger partial charge on any atom is -0.493 e. The molecule has 1 N–H and O–H groups in total. The Hall–Kier alpha value is -3.61. The van der Waals surface area contributed by atoms with E-state index in [0.29, 0.717) is 35.7 Å². The average Bonchev–Trinajstić information content (AvgIpc) is 2.80. The number of ether oxygens (including phenoxy) is 2. The smallest absolute Gasteiger partial charge is 0.305 e. The van der Waals surface area contributed by atoms with Crippen molar-refractivity contribution in [1.82, 2.24) is 9.55 Å². The Morgan fingerprint density at radius 1 is 1.06 bits per heavy atom. The summed E-state index contributed by atoms with van der Waals surface area (Å²) >= 11 is 0. The molecule has 3 rings (SSSR count). The van der Waals surface area contributed by atoms with E-state index in [9.17, 15) is 9.59 Å². The van der Waals surface area contributed by atoms with E-state index in [-0.39, 0.29) is 18.5 Å². The number of benzene rings is 2. The summed E-state index contributed by atoms with van der Waals surface area (Å²) in [5, 5.41) is 9.56. The van der Waals surface area contributed by atoms with Gasteiger partial charge in [0.2, 0.25) is 0 Å². The summed E-state index contributed by atoms with van der Waals surface area (Å²) < 4.78 is 13.0. The van der Waals surface area contributed by atoms with E-state index in [2.05, 4.69) is 4.98 Å². The molecule has 0 aliphatic heterocycles. The van der Waals surface area contributed by atoms with Crippen LogP contribution in [0.25, 0.3) is 23.1 Å². The van der Waals surface area contributed by atoms with E-state index in [1.807, 2.05) is 44.2 Å². The highest BCUT2D eigenvalue weighted by molar-refractivity contribution is 5.80. The lowest BCUT2D eigenvalue weighted by molar-refractivity contribution is -0.137. The lowest BCUT2D eigenvalue weighted by Gasteiger charge is -2.12. The molecule has 0 spiro atoms. The van der Waals surface area contributed by atoms with Crippen molar-refractivity contribution in [3.63, 3.8) is 0 Å². The van der Waals surface area contributed by atoms with Crippen molar-refractivity contribution in [2.75, 3.05) is 13.2 Å². The Labute approximate surface area is 186 Å². The maximum Gasteiger partial charge on any atom is 0.305 e. The monoisotopic (exact) mass is 436 g/mol. The summed E-state index contributed by atoms with van der Waals surface area (Å²) in [4.78, 5) is 28.7. The lowest BCUT2D eigenvalue weighted by atomic mass is 10.1. The van der Waals surface area contributed by atoms with Crippen molar-refractivity contribution >= 4 is 29.0 Å². The van der Waals surface area contributed by atoms with Gasteiger partial charge in [0.15, 0.2) is 0 Å². The summed E-state index contributed by atoms with van der Waals surface area (Å²) in [5.41, 5.74) is 1.12. The molecular formula is C25H28N2O5. The number of carbonyl (C=O) groups is 1. The molecular weight excluding hydrogens is 408 g/mol. The topological polar surface area (TPSA) is 90.7 Å². The molecule has 168 valence electrons. The van der Waals surface area contributed by atoms with Gasteiger partial charge < -0.3 is 14.6 Å². The standard InChI is InChI=1S/C25H28N2O5/c1-3-15-31-19-11-9-18(22(17-19)32-16-4-2)10-12-23-26-21-8-6-5-7-20(21)25(30)27(23)14-13-24(28)29/h5-12,17H,3-4,13-16H2,1-2H3,(H,28,29)/b12-10+. The summed E-state index contributed by atoms with van der Waals surface area (Å²) in [6.07, 6.45) is 5.15. The van der Waals surface area contributed by atoms with Crippen LogP contribution in [0.3, 0.4) is 0 Å². The first-order valence-electron chi connectivity index (χ1n) is 10.8. The molecule has 0 amide bonds. The molecule has 0 aliphatic carbocycles. The maximum absolute atomic E-state index is 13.0. The van der Waals surface area contributed by atoms with Gasteiger partial charge in [0.1, 0.15) is 17.3 Å². The summed E-state index contributed by atoms with van der Waals surface area (Å²) in [5.74, 6) is 0.829. The molecule has 0 atom stereocenters. The number of para-hydroxylation sites is 1. The van der Waals surface area contributed by atoms with E-state index in [1.54, 1.807) is 24.3 Å². The Bertz CT molecular complexity index is 1170. The zero-order valence-electron chi connectivity index (χ0n) is 18.4. The fourth-order valence-corrected chi connectivity index (χ4v) is 3.20. The van der Waals surface area contributed by atoms with Crippen LogP contribution in [-0.2, 0) is 11.3 Å². The van der Waals surface area contributed by atoms with Gasteiger partial charge in [0.25, 0.3) is 5.56 Å². The van der Waals surface area contributed by atoms with Crippen molar-refractivity contribution in [3.8, 4) is 11.5 Å². The van der Waals surface area contributed by atoms with Gasteiger partial charge in [-0.25, -0.2) is 4.98 Å². The number of rotatable bonds is 11. The van der Waals surface area contributed by atoms with Crippen LogP contribution < -0.4 is 15.0 Å². The highest BCUT2D eigenvalue weighted by Gasteiger charge is 2.11. The first-order chi connectivity index (χ1) is 15.5. The number of hydrogen-bond donors (Lipinski definition) is 1. The number of hydrogen-bond acceptors (Lipinski definition) is 5. The van der Waals surface area contributed by atoms with Crippen molar-refractivity contribution in [1.29, 1.82) is 0 Å². The third-order valence-corrected chi connectivity index (χ3v) is 4.77. The Morgan fingerprint density at radius 2 is 1.81 bits per heavy atom. The van der Waals surface area contributed by atoms with Crippen molar-refractivity contribution in [3.05, 3.63) is 64.2 Å². The SMILES string of the molecule is CCCOc1ccc(/C=C/c2nc3ccccc3c(=O)n2CCC(=O)O)c(OCCC)c1. The largest absolute Gasteiger partial charge is 0.493 e. The molecule has 7 heteroatoms. The fraction of sp³-hybridized carbons (Fsp3) is 0.320. The lowest BCUT2D eigenvalue weighted by Crippen LogP contribution is -2.25. The van der Waals surface area contributed by atoms with Crippen LogP contribution in [0, 0.1) is 0 Å². The molecule has 0 aliphatic rings. The molecule has 0 saturated heterocycles. The van der Waals surface area contributed by atoms with Crippen molar-refractivity contribution < 1.29 is 19.4 Å². The normalized spacial score (nSPS) is 11.2. The van der Waals surface area contributed by atoms with Gasteiger partial charge in [-0.2, -0.15) is 0 Å². The molecule has 32 heavy (non-hydrogen) atoms.